The molecule has 0 saturated heterocycles. The van der Waals surface area contributed by atoms with Gasteiger partial charge in [0.2, 0.25) is 0 Å². The van der Waals surface area contributed by atoms with Crippen molar-refractivity contribution in [3.05, 3.63) is 23.9 Å². The summed E-state index contributed by atoms with van der Waals surface area (Å²) >= 11 is 0. The Balaban J connectivity index is 4.46. The maximum atomic E-state index is 3.95. The van der Waals surface area contributed by atoms with Gasteiger partial charge in [-0.3, -0.25) is 4.99 Å². The van der Waals surface area contributed by atoms with E-state index in [0.29, 0.717) is 0 Å². The second kappa shape index (κ2) is 5.90. The van der Waals surface area contributed by atoms with E-state index in [4.69, 9.17) is 0 Å². The molecule has 0 unspecified atom stereocenters. The molecule has 11 heavy (non-hydrogen) atoms. The molecule has 0 bridgehead atoms. The van der Waals surface area contributed by atoms with E-state index >= 15 is 0 Å². The summed E-state index contributed by atoms with van der Waals surface area (Å²) in [5.41, 5.74) is 2.33. The smallest absolute Gasteiger partial charge is 0.0425 e. The van der Waals surface area contributed by atoms with Gasteiger partial charge in [-0.1, -0.05) is 32.9 Å². The fourth-order valence-corrected chi connectivity index (χ4v) is 1.07. The lowest BCUT2D eigenvalue weighted by atomic mass is 10.1. The number of aliphatic imine (C=N–C) groups is 1. The van der Waals surface area contributed by atoms with Gasteiger partial charge in [0.15, 0.2) is 0 Å². The normalized spacial score (nSPS) is 12.2. The summed E-state index contributed by atoms with van der Waals surface area (Å²) in [5, 5.41) is 0. The van der Waals surface area contributed by atoms with Gasteiger partial charge in [-0.25, -0.2) is 0 Å². The van der Waals surface area contributed by atoms with Crippen molar-refractivity contribution in [2.45, 2.75) is 33.1 Å². The highest BCUT2D eigenvalue weighted by Gasteiger charge is 1.97. The monoisotopic (exact) mass is 151 g/mol. The zero-order valence-corrected chi connectivity index (χ0v) is 7.56. The van der Waals surface area contributed by atoms with E-state index in [9.17, 15) is 0 Å². The summed E-state index contributed by atoms with van der Waals surface area (Å²) in [6.07, 6.45) is 5.04. The van der Waals surface area contributed by atoms with E-state index in [0.717, 1.165) is 25.0 Å². The van der Waals surface area contributed by atoms with Gasteiger partial charge in [0, 0.05) is 5.70 Å². The molecule has 0 N–H and O–H groups in total. The van der Waals surface area contributed by atoms with Crippen LogP contribution in [0.25, 0.3) is 0 Å². The Bertz CT molecular complexity index is 166. The fourth-order valence-electron chi connectivity index (χ4n) is 1.07. The van der Waals surface area contributed by atoms with Gasteiger partial charge in [0.05, 0.1) is 0 Å². The molecule has 0 aromatic rings. The molecule has 0 saturated carbocycles. The molecule has 0 spiro atoms. The lowest BCUT2D eigenvalue weighted by Crippen LogP contribution is -1.84. The van der Waals surface area contributed by atoms with E-state index in [1.807, 2.05) is 6.08 Å². The molecule has 62 valence electrons. The molecule has 0 aliphatic heterocycles. The molecule has 0 aromatic heterocycles. The van der Waals surface area contributed by atoms with Crippen molar-refractivity contribution in [2.24, 2.45) is 4.99 Å². The molecule has 0 radical (unpaired) electrons. The maximum absolute atomic E-state index is 3.95. The number of allylic oxidation sites excluding steroid dienone is 3. The summed E-state index contributed by atoms with van der Waals surface area (Å²) in [6.45, 7) is 11.5. The third-order valence-corrected chi connectivity index (χ3v) is 1.66. The highest BCUT2D eigenvalue weighted by molar-refractivity contribution is 5.33. The molecule has 0 amide bonds. The summed E-state index contributed by atoms with van der Waals surface area (Å²) in [5.74, 6) is 0. The predicted molar refractivity (Wildman–Crippen MR) is 52.0 cm³/mol. The van der Waals surface area contributed by atoms with Crippen LogP contribution in [-0.4, -0.2) is 6.72 Å². The third-order valence-electron chi connectivity index (χ3n) is 1.66. The van der Waals surface area contributed by atoms with E-state index in [2.05, 4.69) is 32.1 Å². The Hall–Kier alpha value is -0.850. The summed E-state index contributed by atoms with van der Waals surface area (Å²) in [6, 6.07) is 0. The minimum atomic E-state index is 0.949. The van der Waals surface area contributed by atoms with Crippen molar-refractivity contribution in [3.63, 3.8) is 0 Å². The van der Waals surface area contributed by atoms with Crippen LogP contribution in [0.15, 0.2) is 28.9 Å². The molecule has 0 aliphatic rings. The average Bonchev–Trinajstić information content (AvgIpc) is 2.05. The Morgan fingerprint density at radius 1 is 1.45 bits per heavy atom. The number of hydrogen-bond acceptors (Lipinski definition) is 1. The van der Waals surface area contributed by atoms with Gasteiger partial charge < -0.3 is 0 Å². The molecular weight excluding hydrogens is 134 g/mol. The SMILES string of the molecule is C=C/C(CCC)=C(/CC)N=C. The Kier molecular flexibility index (Phi) is 5.44. The first-order chi connectivity index (χ1) is 5.29. The van der Waals surface area contributed by atoms with Crippen LogP contribution in [0.1, 0.15) is 33.1 Å². The van der Waals surface area contributed by atoms with Crippen molar-refractivity contribution in [2.75, 3.05) is 0 Å². The van der Waals surface area contributed by atoms with Crippen LogP contribution in [0.4, 0.5) is 0 Å². The number of nitrogens with zero attached hydrogens (tertiary/aromatic N) is 1. The molecule has 0 aromatic carbocycles. The first-order valence-electron chi connectivity index (χ1n) is 4.11. The average molecular weight is 151 g/mol. The highest BCUT2D eigenvalue weighted by Crippen LogP contribution is 2.15. The first kappa shape index (κ1) is 10.2. The van der Waals surface area contributed by atoms with Crippen molar-refractivity contribution in [1.82, 2.24) is 0 Å². The predicted octanol–water partition coefficient (Wildman–Crippen LogP) is 3.34. The van der Waals surface area contributed by atoms with Crippen LogP contribution in [0.3, 0.4) is 0 Å². The largest absolute Gasteiger partial charge is 0.269 e. The maximum Gasteiger partial charge on any atom is 0.0425 e. The van der Waals surface area contributed by atoms with Gasteiger partial charge in [-0.05, 0) is 25.1 Å². The van der Waals surface area contributed by atoms with Gasteiger partial charge in [-0.15, -0.1) is 0 Å². The lowest BCUT2D eigenvalue weighted by molar-refractivity contribution is 0.892. The van der Waals surface area contributed by atoms with Gasteiger partial charge in [0.1, 0.15) is 0 Å². The zero-order valence-electron chi connectivity index (χ0n) is 7.56. The molecule has 1 heteroatoms. The number of rotatable bonds is 5. The van der Waals surface area contributed by atoms with Crippen molar-refractivity contribution < 1.29 is 0 Å². The zero-order chi connectivity index (χ0) is 8.69. The van der Waals surface area contributed by atoms with Crippen LogP contribution < -0.4 is 0 Å². The van der Waals surface area contributed by atoms with Crippen LogP contribution in [0.5, 0.6) is 0 Å². The Labute approximate surface area is 69.5 Å². The first-order valence-corrected chi connectivity index (χ1v) is 4.11. The van der Waals surface area contributed by atoms with Crippen LogP contribution >= 0.6 is 0 Å². The van der Waals surface area contributed by atoms with E-state index in [-0.39, 0.29) is 0 Å². The van der Waals surface area contributed by atoms with Gasteiger partial charge >= 0.3 is 0 Å². The third kappa shape index (κ3) is 3.17. The molecule has 0 aliphatic carbocycles. The molecular formula is C10H17N. The number of hydrogen-bond donors (Lipinski definition) is 0. The molecule has 0 atom stereocenters. The fraction of sp³-hybridized carbons (Fsp3) is 0.500. The van der Waals surface area contributed by atoms with Gasteiger partial charge in [0.25, 0.3) is 0 Å². The topological polar surface area (TPSA) is 12.4 Å². The quantitative estimate of drug-likeness (QED) is 0.422. The summed E-state index contributed by atoms with van der Waals surface area (Å²) < 4.78 is 0. The van der Waals surface area contributed by atoms with Crippen molar-refractivity contribution >= 4 is 6.72 Å². The molecule has 1 nitrogen and oxygen atoms in total. The van der Waals surface area contributed by atoms with Crippen LogP contribution in [-0.2, 0) is 0 Å². The van der Waals surface area contributed by atoms with E-state index in [1.54, 1.807) is 0 Å². The van der Waals surface area contributed by atoms with Crippen molar-refractivity contribution in [1.29, 1.82) is 0 Å². The second-order valence-corrected chi connectivity index (χ2v) is 2.44. The minimum Gasteiger partial charge on any atom is -0.269 e. The Morgan fingerprint density at radius 3 is 2.36 bits per heavy atom. The van der Waals surface area contributed by atoms with Crippen LogP contribution in [0, 0.1) is 0 Å². The molecule has 0 heterocycles. The van der Waals surface area contributed by atoms with Crippen molar-refractivity contribution in [3.8, 4) is 0 Å². The summed E-state index contributed by atoms with van der Waals surface area (Å²) in [4.78, 5) is 3.95. The second-order valence-electron chi connectivity index (χ2n) is 2.44. The molecule has 0 fully saturated rings. The standard InChI is InChI=1S/C10H17N/c1-5-8-9(6-2)10(7-3)11-4/h6H,2,4-5,7-8H2,1,3H3/b10-9+. The van der Waals surface area contributed by atoms with E-state index < -0.39 is 0 Å². The molecule has 0 rings (SSSR count). The van der Waals surface area contributed by atoms with Gasteiger partial charge in [-0.2, -0.15) is 0 Å². The Morgan fingerprint density at radius 2 is 2.09 bits per heavy atom. The lowest BCUT2D eigenvalue weighted by Gasteiger charge is -2.03. The minimum absolute atomic E-state index is 0.949. The van der Waals surface area contributed by atoms with E-state index in [1.165, 1.54) is 5.57 Å². The van der Waals surface area contributed by atoms with Crippen LogP contribution in [0.2, 0.25) is 0 Å². The summed E-state index contributed by atoms with van der Waals surface area (Å²) in [7, 11) is 0. The highest BCUT2D eigenvalue weighted by atomic mass is 14.7.